The maximum Gasteiger partial charge on any atom is 0.407 e. The fourth-order valence-electron chi connectivity index (χ4n) is 3.84. The van der Waals surface area contributed by atoms with Crippen LogP contribution in [0.4, 0.5) is 10.5 Å². The van der Waals surface area contributed by atoms with Crippen molar-refractivity contribution in [1.29, 1.82) is 0 Å². The standard InChI is InChI=1S/C27H34N4O8/c1-2-38-24(33)17-22(20-12-14-21(15-13-20)31(36)37)25(26(28)34)30-23(32)11-7-4-8-16-29-27(35)39-18-19-9-5-3-6-10-19/h3,5-6,9-10,12-15,22,25H,2,4,7-8,11,16-18H2,1H3,(H2,28,34)(H,29,35)(H,30,32)/t22-,25-/m1/s1. The van der Waals surface area contributed by atoms with Gasteiger partial charge in [0, 0.05) is 31.0 Å². The molecule has 0 spiro atoms. The van der Waals surface area contributed by atoms with Crippen LogP contribution >= 0.6 is 0 Å². The number of primary amides is 1. The Morgan fingerprint density at radius 3 is 2.28 bits per heavy atom. The third kappa shape index (κ3) is 11.2. The first-order chi connectivity index (χ1) is 18.7. The Hall–Kier alpha value is -4.48. The van der Waals surface area contributed by atoms with Gasteiger partial charge in [0.2, 0.25) is 11.8 Å². The largest absolute Gasteiger partial charge is 0.466 e. The summed E-state index contributed by atoms with van der Waals surface area (Å²) in [5.74, 6) is -2.77. The van der Waals surface area contributed by atoms with Crippen molar-refractivity contribution in [3.63, 3.8) is 0 Å². The van der Waals surface area contributed by atoms with Crippen molar-refractivity contribution in [3.05, 3.63) is 75.8 Å². The van der Waals surface area contributed by atoms with Gasteiger partial charge in [-0.3, -0.25) is 24.5 Å². The number of nitrogens with one attached hydrogen (secondary N) is 2. The molecule has 12 nitrogen and oxygen atoms in total. The van der Waals surface area contributed by atoms with E-state index in [1.807, 2.05) is 30.3 Å². The lowest BCUT2D eigenvalue weighted by Crippen LogP contribution is -2.48. The smallest absolute Gasteiger partial charge is 0.407 e. The number of esters is 1. The number of ether oxygens (including phenoxy) is 2. The summed E-state index contributed by atoms with van der Waals surface area (Å²) in [5.41, 5.74) is 6.71. The van der Waals surface area contributed by atoms with Crippen LogP contribution in [0.15, 0.2) is 54.6 Å². The molecule has 210 valence electrons. The highest BCUT2D eigenvalue weighted by Crippen LogP contribution is 2.27. The SMILES string of the molecule is CCOC(=O)C[C@H](c1ccc([N+](=O)[O-])cc1)[C@@H](NC(=O)CCCCCNC(=O)OCc1ccccc1)C(N)=O. The summed E-state index contributed by atoms with van der Waals surface area (Å²) in [6.07, 6.45) is 1.03. The zero-order valence-corrected chi connectivity index (χ0v) is 21.8. The molecule has 12 heteroatoms. The number of unbranched alkanes of at least 4 members (excludes halogenated alkanes) is 2. The second-order valence-corrected chi connectivity index (χ2v) is 8.71. The molecule has 4 N–H and O–H groups in total. The van der Waals surface area contributed by atoms with E-state index in [-0.39, 0.29) is 31.7 Å². The average Bonchev–Trinajstić information content (AvgIpc) is 2.92. The molecule has 0 aliphatic carbocycles. The van der Waals surface area contributed by atoms with Crippen LogP contribution in [-0.4, -0.2) is 48.0 Å². The van der Waals surface area contributed by atoms with Crippen LogP contribution in [0.25, 0.3) is 0 Å². The molecule has 0 saturated carbocycles. The highest BCUT2D eigenvalue weighted by Gasteiger charge is 2.32. The Balaban J connectivity index is 1.84. The average molecular weight is 543 g/mol. The van der Waals surface area contributed by atoms with Gasteiger partial charge in [0.25, 0.3) is 5.69 Å². The van der Waals surface area contributed by atoms with Gasteiger partial charge in [-0.25, -0.2) is 4.79 Å². The number of hydrogen-bond donors (Lipinski definition) is 3. The Bertz CT molecular complexity index is 1110. The summed E-state index contributed by atoms with van der Waals surface area (Å²) < 4.78 is 10.1. The van der Waals surface area contributed by atoms with Crippen molar-refractivity contribution in [2.45, 2.75) is 57.6 Å². The lowest BCUT2D eigenvalue weighted by Gasteiger charge is -2.25. The van der Waals surface area contributed by atoms with E-state index < -0.39 is 40.8 Å². The van der Waals surface area contributed by atoms with E-state index in [4.69, 9.17) is 15.2 Å². The molecule has 0 fully saturated rings. The first kappa shape index (κ1) is 30.7. The van der Waals surface area contributed by atoms with E-state index in [1.54, 1.807) is 6.92 Å². The van der Waals surface area contributed by atoms with Crippen LogP contribution in [0.3, 0.4) is 0 Å². The molecule has 0 aliphatic heterocycles. The lowest BCUT2D eigenvalue weighted by molar-refractivity contribution is -0.384. The van der Waals surface area contributed by atoms with Crippen molar-refractivity contribution in [3.8, 4) is 0 Å². The van der Waals surface area contributed by atoms with Crippen LogP contribution in [0.5, 0.6) is 0 Å². The van der Waals surface area contributed by atoms with Crippen LogP contribution in [0.1, 0.15) is 56.1 Å². The zero-order valence-electron chi connectivity index (χ0n) is 21.8. The van der Waals surface area contributed by atoms with Crippen molar-refractivity contribution in [1.82, 2.24) is 10.6 Å². The number of nitro benzene ring substituents is 1. The van der Waals surface area contributed by atoms with Crippen molar-refractivity contribution in [2.24, 2.45) is 5.73 Å². The number of nitrogens with two attached hydrogens (primary N) is 1. The fraction of sp³-hybridized carbons (Fsp3) is 0.407. The Morgan fingerprint density at radius 2 is 1.67 bits per heavy atom. The molecular formula is C27H34N4O8. The van der Waals surface area contributed by atoms with Crippen LogP contribution in [-0.2, 0) is 30.5 Å². The maximum atomic E-state index is 12.6. The van der Waals surface area contributed by atoms with Crippen LogP contribution < -0.4 is 16.4 Å². The molecule has 2 atom stereocenters. The van der Waals surface area contributed by atoms with E-state index in [0.717, 1.165) is 5.56 Å². The topological polar surface area (TPSA) is 180 Å². The summed E-state index contributed by atoms with van der Waals surface area (Å²) in [6.45, 7) is 2.31. The Kier molecular flexibility index (Phi) is 12.9. The number of benzene rings is 2. The first-order valence-corrected chi connectivity index (χ1v) is 12.6. The van der Waals surface area contributed by atoms with Crippen molar-refractivity contribution < 1.29 is 33.6 Å². The molecule has 2 rings (SSSR count). The summed E-state index contributed by atoms with van der Waals surface area (Å²) >= 11 is 0. The quantitative estimate of drug-likeness (QED) is 0.125. The molecule has 0 aliphatic rings. The number of non-ortho nitro benzene ring substituents is 1. The normalized spacial score (nSPS) is 12.0. The zero-order chi connectivity index (χ0) is 28.6. The molecule has 0 heterocycles. The molecule has 0 saturated heterocycles. The van der Waals surface area contributed by atoms with E-state index in [2.05, 4.69) is 10.6 Å². The predicted molar refractivity (Wildman–Crippen MR) is 141 cm³/mol. The number of rotatable bonds is 16. The van der Waals surface area contributed by atoms with Crippen LogP contribution in [0, 0.1) is 10.1 Å². The van der Waals surface area contributed by atoms with Gasteiger partial charge in [-0.2, -0.15) is 0 Å². The minimum absolute atomic E-state index is 0.0919. The number of alkyl carbamates (subject to hydrolysis) is 1. The van der Waals surface area contributed by atoms with Gasteiger partial charge in [0.15, 0.2) is 0 Å². The number of nitro groups is 1. The van der Waals surface area contributed by atoms with E-state index in [0.29, 0.717) is 31.4 Å². The molecule has 2 aromatic carbocycles. The molecule has 0 radical (unpaired) electrons. The third-order valence-electron chi connectivity index (χ3n) is 5.81. The second kappa shape index (κ2) is 16.4. The molecule has 0 unspecified atom stereocenters. The molecule has 0 bridgehead atoms. The summed E-state index contributed by atoms with van der Waals surface area (Å²) in [7, 11) is 0. The van der Waals surface area contributed by atoms with Gasteiger partial charge >= 0.3 is 12.1 Å². The second-order valence-electron chi connectivity index (χ2n) is 8.71. The highest BCUT2D eigenvalue weighted by atomic mass is 16.6. The number of amides is 3. The monoisotopic (exact) mass is 542 g/mol. The Labute approximate surface area is 226 Å². The molecule has 39 heavy (non-hydrogen) atoms. The third-order valence-corrected chi connectivity index (χ3v) is 5.81. The minimum Gasteiger partial charge on any atom is -0.466 e. The van der Waals surface area contributed by atoms with E-state index >= 15 is 0 Å². The lowest BCUT2D eigenvalue weighted by atomic mass is 9.87. The molecule has 2 aromatic rings. The molecule has 3 amide bonds. The molecular weight excluding hydrogens is 508 g/mol. The number of carbonyl (C=O) groups is 4. The number of hydrogen-bond acceptors (Lipinski definition) is 8. The van der Waals surface area contributed by atoms with E-state index in [9.17, 15) is 29.3 Å². The summed E-state index contributed by atoms with van der Waals surface area (Å²) in [6, 6.07) is 13.4. The van der Waals surface area contributed by atoms with Gasteiger partial charge < -0.3 is 25.8 Å². The summed E-state index contributed by atoms with van der Waals surface area (Å²) in [5, 5.41) is 16.2. The van der Waals surface area contributed by atoms with Gasteiger partial charge in [-0.15, -0.1) is 0 Å². The maximum absolute atomic E-state index is 12.6. The molecule has 0 aromatic heterocycles. The first-order valence-electron chi connectivity index (χ1n) is 12.6. The minimum atomic E-state index is -1.23. The van der Waals surface area contributed by atoms with Crippen LogP contribution in [0.2, 0.25) is 0 Å². The van der Waals surface area contributed by atoms with Gasteiger partial charge in [-0.05, 0) is 30.9 Å². The fourth-order valence-corrected chi connectivity index (χ4v) is 3.84. The predicted octanol–water partition coefficient (Wildman–Crippen LogP) is 3.09. The van der Waals surface area contributed by atoms with Gasteiger partial charge in [-0.1, -0.05) is 48.9 Å². The number of carbonyl (C=O) groups excluding carboxylic acids is 4. The number of nitrogens with zero attached hydrogens (tertiary/aromatic N) is 1. The van der Waals surface area contributed by atoms with E-state index in [1.165, 1.54) is 24.3 Å². The van der Waals surface area contributed by atoms with Gasteiger partial charge in [0.1, 0.15) is 12.6 Å². The highest BCUT2D eigenvalue weighted by molar-refractivity contribution is 5.88. The van der Waals surface area contributed by atoms with Crippen molar-refractivity contribution >= 4 is 29.6 Å². The Morgan fingerprint density at radius 1 is 0.974 bits per heavy atom. The van der Waals surface area contributed by atoms with Gasteiger partial charge in [0.05, 0.1) is 18.0 Å². The van der Waals surface area contributed by atoms with Crippen molar-refractivity contribution in [2.75, 3.05) is 13.2 Å². The summed E-state index contributed by atoms with van der Waals surface area (Å²) in [4.78, 5) is 59.3.